The van der Waals surface area contributed by atoms with Crippen molar-refractivity contribution >= 4 is 23.1 Å². The lowest BCUT2D eigenvalue weighted by Gasteiger charge is -2.16. The van der Waals surface area contributed by atoms with Crippen LogP contribution in [0.3, 0.4) is 0 Å². The smallest absolute Gasteiger partial charge is 0.277 e. The standard InChI is InChI=1S/C17H16N2O4/c1-10(2)14-9-16(20)11(3)8-15(14)18-17(21)12-4-6-13(7-5-12)19(22)23/h4-10H,1-3H3. The second kappa shape index (κ2) is 6.48. The molecule has 0 heterocycles. The first-order chi connectivity index (χ1) is 10.8. The predicted molar refractivity (Wildman–Crippen MR) is 86.5 cm³/mol. The molecule has 0 fully saturated rings. The summed E-state index contributed by atoms with van der Waals surface area (Å²) < 4.78 is 0. The van der Waals surface area contributed by atoms with Gasteiger partial charge in [-0.25, -0.2) is 4.99 Å². The number of hydrogen-bond donors (Lipinski definition) is 0. The lowest BCUT2D eigenvalue weighted by Crippen LogP contribution is -2.17. The van der Waals surface area contributed by atoms with Crippen molar-refractivity contribution < 1.29 is 14.5 Å². The number of hydrogen-bond acceptors (Lipinski definition) is 4. The van der Waals surface area contributed by atoms with Crippen LogP contribution >= 0.6 is 0 Å². The molecule has 1 amide bonds. The van der Waals surface area contributed by atoms with Crippen LogP contribution in [0.2, 0.25) is 0 Å². The molecule has 0 spiro atoms. The molecule has 6 heteroatoms. The van der Waals surface area contributed by atoms with E-state index in [0.29, 0.717) is 16.9 Å². The lowest BCUT2D eigenvalue weighted by molar-refractivity contribution is -0.384. The first-order valence-corrected chi connectivity index (χ1v) is 7.11. The van der Waals surface area contributed by atoms with Crippen LogP contribution in [-0.2, 0) is 4.79 Å². The van der Waals surface area contributed by atoms with Crippen molar-refractivity contribution in [2.45, 2.75) is 20.8 Å². The molecule has 0 unspecified atom stereocenters. The van der Waals surface area contributed by atoms with Crippen LogP contribution in [0.1, 0.15) is 31.1 Å². The maximum absolute atomic E-state index is 12.3. The number of allylic oxidation sites excluding steroid dienone is 4. The summed E-state index contributed by atoms with van der Waals surface area (Å²) in [6.07, 6.45) is 3.10. The molecule has 0 aromatic heterocycles. The van der Waals surface area contributed by atoms with Gasteiger partial charge in [0.15, 0.2) is 5.78 Å². The van der Waals surface area contributed by atoms with Gasteiger partial charge in [0.25, 0.3) is 11.6 Å². The first kappa shape index (κ1) is 16.5. The number of amides is 1. The number of aliphatic imine (C=N–C) groups is 1. The number of benzene rings is 1. The van der Waals surface area contributed by atoms with Gasteiger partial charge in [-0.2, -0.15) is 0 Å². The zero-order chi connectivity index (χ0) is 17.1. The minimum atomic E-state index is -0.529. The molecular weight excluding hydrogens is 296 g/mol. The molecule has 1 aliphatic carbocycles. The number of nitrogens with zero attached hydrogens (tertiary/aromatic N) is 2. The number of carbonyl (C=O) groups excluding carboxylic acids is 2. The Labute approximate surface area is 133 Å². The van der Waals surface area contributed by atoms with Crippen molar-refractivity contribution in [3.63, 3.8) is 0 Å². The van der Waals surface area contributed by atoms with Gasteiger partial charge in [0.2, 0.25) is 0 Å². The Morgan fingerprint density at radius 3 is 2.30 bits per heavy atom. The second-order valence-corrected chi connectivity index (χ2v) is 5.55. The Kier molecular flexibility index (Phi) is 4.64. The molecule has 1 aromatic carbocycles. The van der Waals surface area contributed by atoms with Crippen molar-refractivity contribution in [1.29, 1.82) is 0 Å². The van der Waals surface area contributed by atoms with Crippen molar-refractivity contribution in [3.8, 4) is 0 Å². The van der Waals surface area contributed by atoms with Crippen LogP contribution in [0.4, 0.5) is 5.69 Å². The molecule has 2 rings (SSSR count). The van der Waals surface area contributed by atoms with E-state index in [0.717, 1.165) is 0 Å². The van der Waals surface area contributed by atoms with Crippen molar-refractivity contribution in [2.75, 3.05) is 0 Å². The van der Waals surface area contributed by atoms with E-state index in [1.54, 1.807) is 13.0 Å². The van der Waals surface area contributed by atoms with E-state index in [1.807, 2.05) is 13.8 Å². The Morgan fingerprint density at radius 2 is 1.78 bits per heavy atom. The van der Waals surface area contributed by atoms with Crippen molar-refractivity contribution in [3.05, 3.63) is 63.2 Å². The molecule has 6 nitrogen and oxygen atoms in total. The summed E-state index contributed by atoms with van der Waals surface area (Å²) in [5.74, 6) is -0.540. The van der Waals surface area contributed by atoms with Gasteiger partial charge in [-0.05, 0) is 48.3 Å². The van der Waals surface area contributed by atoms with Crippen LogP contribution in [0.15, 0.2) is 52.6 Å². The Bertz CT molecular complexity index is 768. The number of nitro groups is 1. The average molecular weight is 312 g/mol. The average Bonchev–Trinajstić information content (AvgIpc) is 2.50. The first-order valence-electron chi connectivity index (χ1n) is 7.11. The predicted octanol–water partition coefficient (Wildman–Crippen LogP) is 3.29. The van der Waals surface area contributed by atoms with Crippen LogP contribution in [-0.4, -0.2) is 22.3 Å². The minimum absolute atomic E-state index is 0.0479. The highest BCUT2D eigenvalue weighted by atomic mass is 16.6. The summed E-state index contributed by atoms with van der Waals surface area (Å²) in [6, 6.07) is 5.26. The summed E-state index contributed by atoms with van der Waals surface area (Å²) in [6.45, 7) is 5.50. The third-order valence-electron chi connectivity index (χ3n) is 3.49. The summed E-state index contributed by atoms with van der Waals surface area (Å²) in [5.41, 5.74) is 1.85. The number of rotatable bonds is 3. The number of carbonyl (C=O) groups is 2. The maximum Gasteiger partial charge on any atom is 0.277 e. The van der Waals surface area contributed by atoms with Gasteiger partial charge >= 0.3 is 0 Å². The Morgan fingerprint density at radius 1 is 1.17 bits per heavy atom. The molecule has 1 aromatic rings. The third-order valence-corrected chi connectivity index (χ3v) is 3.49. The monoisotopic (exact) mass is 312 g/mol. The quantitative estimate of drug-likeness (QED) is 0.486. The topological polar surface area (TPSA) is 89.6 Å². The minimum Gasteiger partial charge on any atom is -0.290 e. The van der Waals surface area contributed by atoms with E-state index in [2.05, 4.69) is 4.99 Å². The molecule has 1 aliphatic rings. The Hall–Kier alpha value is -2.89. The van der Waals surface area contributed by atoms with E-state index < -0.39 is 10.8 Å². The fraction of sp³-hybridized carbons (Fsp3) is 0.235. The van der Waals surface area contributed by atoms with Gasteiger partial charge in [0.1, 0.15) is 0 Å². The molecule has 0 atom stereocenters. The zero-order valence-corrected chi connectivity index (χ0v) is 13.1. The fourth-order valence-electron chi connectivity index (χ4n) is 2.15. The molecule has 0 N–H and O–H groups in total. The van der Waals surface area contributed by atoms with Crippen molar-refractivity contribution in [2.24, 2.45) is 10.9 Å². The normalized spacial score (nSPS) is 16.3. The van der Waals surface area contributed by atoms with Crippen LogP contribution in [0.5, 0.6) is 0 Å². The highest BCUT2D eigenvalue weighted by Gasteiger charge is 2.20. The molecule has 118 valence electrons. The van der Waals surface area contributed by atoms with E-state index >= 15 is 0 Å². The van der Waals surface area contributed by atoms with E-state index in [-0.39, 0.29) is 23.0 Å². The van der Waals surface area contributed by atoms with Gasteiger partial charge in [-0.1, -0.05) is 13.8 Å². The van der Waals surface area contributed by atoms with Gasteiger partial charge < -0.3 is 0 Å². The van der Waals surface area contributed by atoms with Crippen LogP contribution < -0.4 is 0 Å². The van der Waals surface area contributed by atoms with Crippen molar-refractivity contribution in [1.82, 2.24) is 0 Å². The SMILES string of the molecule is CC1=CC(=NC(=O)c2ccc([N+](=O)[O-])cc2)C(C(C)C)=CC1=O. The summed E-state index contributed by atoms with van der Waals surface area (Å²) in [7, 11) is 0. The highest BCUT2D eigenvalue weighted by Crippen LogP contribution is 2.21. The maximum atomic E-state index is 12.3. The van der Waals surface area contributed by atoms with E-state index in [9.17, 15) is 19.7 Å². The summed E-state index contributed by atoms with van der Waals surface area (Å²) >= 11 is 0. The fourth-order valence-corrected chi connectivity index (χ4v) is 2.15. The van der Waals surface area contributed by atoms with Gasteiger partial charge in [0.05, 0.1) is 10.6 Å². The summed E-state index contributed by atoms with van der Waals surface area (Å²) in [4.78, 5) is 38.2. The van der Waals surface area contributed by atoms with Gasteiger partial charge in [0, 0.05) is 17.7 Å². The highest BCUT2D eigenvalue weighted by molar-refractivity contribution is 6.24. The lowest BCUT2D eigenvalue weighted by atomic mass is 9.90. The molecule has 0 bridgehead atoms. The zero-order valence-electron chi connectivity index (χ0n) is 13.1. The van der Waals surface area contributed by atoms with E-state index in [4.69, 9.17) is 0 Å². The largest absolute Gasteiger partial charge is 0.290 e. The van der Waals surface area contributed by atoms with Crippen LogP contribution in [0, 0.1) is 16.0 Å². The van der Waals surface area contributed by atoms with Gasteiger partial charge in [-0.3, -0.25) is 19.7 Å². The molecular formula is C17H16N2O4. The molecule has 0 saturated heterocycles. The second-order valence-electron chi connectivity index (χ2n) is 5.55. The molecule has 0 radical (unpaired) electrons. The molecule has 0 saturated carbocycles. The Balaban J connectivity index is 2.35. The van der Waals surface area contributed by atoms with E-state index in [1.165, 1.54) is 30.3 Å². The number of non-ortho nitro benzene ring substituents is 1. The third kappa shape index (κ3) is 3.66. The molecule has 0 aliphatic heterocycles. The number of ketones is 1. The van der Waals surface area contributed by atoms with Crippen LogP contribution in [0.25, 0.3) is 0 Å². The summed E-state index contributed by atoms with van der Waals surface area (Å²) in [5, 5.41) is 10.6. The molecule has 23 heavy (non-hydrogen) atoms. The van der Waals surface area contributed by atoms with Gasteiger partial charge in [-0.15, -0.1) is 0 Å². The number of nitro benzene ring substituents is 1.